The van der Waals surface area contributed by atoms with Gasteiger partial charge in [0.15, 0.2) is 0 Å². The molecule has 0 aromatic heterocycles. The van der Waals surface area contributed by atoms with Gasteiger partial charge in [-0.2, -0.15) is 0 Å². The second-order valence-electron chi connectivity index (χ2n) is 13.6. The van der Waals surface area contributed by atoms with Gasteiger partial charge in [0, 0.05) is 23.4 Å². The second kappa shape index (κ2) is 9.27. The number of nitrogens with zero attached hydrogens (tertiary/aromatic N) is 1. The highest BCUT2D eigenvalue weighted by Crippen LogP contribution is 2.56. The molecule has 32 heavy (non-hydrogen) atoms. The molecular weight excluding hydrogens is 414 g/mol. The molecule has 5 heteroatoms. The molecule has 1 amide bonds. The molecule has 2 aliphatic carbocycles. The summed E-state index contributed by atoms with van der Waals surface area (Å²) >= 11 is 0. The molecule has 0 unspecified atom stereocenters. The molecule has 0 aliphatic heterocycles. The number of amides is 1. The van der Waals surface area contributed by atoms with Gasteiger partial charge >= 0.3 is 6.09 Å². The maximum atomic E-state index is 13.8. The molecule has 3 atom stereocenters. The predicted octanol–water partition coefficient (Wildman–Crippen LogP) is 7.45. The van der Waals surface area contributed by atoms with Crippen LogP contribution in [-0.2, 0) is 9.53 Å². The van der Waals surface area contributed by atoms with Gasteiger partial charge in [-0.25, -0.2) is 4.79 Å². The molecule has 0 aromatic rings. The van der Waals surface area contributed by atoms with Crippen LogP contribution in [0.4, 0.5) is 4.79 Å². The lowest BCUT2D eigenvalue weighted by Gasteiger charge is -2.51. The van der Waals surface area contributed by atoms with Crippen molar-refractivity contribution in [1.82, 2.24) is 4.90 Å². The number of ether oxygens (including phenoxy) is 1. The van der Waals surface area contributed by atoms with Gasteiger partial charge in [-0.05, 0) is 76.2 Å². The highest BCUT2D eigenvalue weighted by molar-refractivity contribution is 6.82. The smallest absolute Gasteiger partial charge is 0.414 e. The average molecular weight is 464 g/mol. The van der Waals surface area contributed by atoms with Crippen LogP contribution in [0.25, 0.3) is 0 Å². The Bertz CT molecular complexity index is 744. The molecule has 0 spiro atoms. The Labute approximate surface area is 198 Å². The number of fused-ring (bicyclic) bond motifs is 2. The zero-order valence-electron chi connectivity index (χ0n) is 22.9. The summed E-state index contributed by atoms with van der Waals surface area (Å²) in [6, 6.07) is 0.127. The van der Waals surface area contributed by atoms with Crippen LogP contribution in [0.2, 0.25) is 19.6 Å². The molecule has 0 N–H and O–H groups in total. The van der Waals surface area contributed by atoms with Gasteiger partial charge in [0.2, 0.25) is 0 Å². The number of hydrogen-bond donors (Lipinski definition) is 0. The normalized spacial score (nSPS) is 27.4. The molecule has 2 bridgehead atoms. The maximum absolute atomic E-state index is 13.8. The van der Waals surface area contributed by atoms with E-state index in [-0.39, 0.29) is 29.5 Å². The van der Waals surface area contributed by atoms with Crippen molar-refractivity contribution < 1.29 is 14.3 Å². The van der Waals surface area contributed by atoms with Crippen molar-refractivity contribution in [3.8, 4) is 0 Å². The minimum atomic E-state index is -2.03. The first-order valence-corrected chi connectivity index (χ1v) is 16.2. The van der Waals surface area contributed by atoms with Gasteiger partial charge in [0.25, 0.3) is 0 Å². The Kier molecular flexibility index (Phi) is 7.86. The Balaban J connectivity index is 2.64. The summed E-state index contributed by atoms with van der Waals surface area (Å²) in [5.74, 6) is 1.05. The second-order valence-corrected chi connectivity index (χ2v) is 18.5. The fourth-order valence-electron chi connectivity index (χ4n) is 5.84. The lowest BCUT2D eigenvalue weighted by atomic mass is 9.55. The van der Waals surface area contributed by atoms with Crippen LogP contribution in [0.15, 0.2) is 11.0 Å². The van der Waals surface area contributed by atoms with Crippen molar-refractivity contribution in [2.75, 3.05) is 0 Å². The zero-order valence-corrected chi connectivity index (χ0v) is 23.9. The Hall–Kier alpha value is -1.10. The molecule has 0 radical (unpaired) electrons. The molecule has 4 nitrogen and oxygen atoms in total. The SMILES string of the molecule is CC(C)N(C(=O)O/C(=C1\[C@@H]2CCC(C)(C)[C@H](C2)C[C@@H]1C(=O)C(C)(C)C)[Si](C)(C)C)C(C)C. The van der Waals surface area contributed by atoms with E-state index in [9.17, 15) is 9.59 Å². The van der Waals surface area contributed by atoms with Crippen molar-refractivity contribution in [3.05, 3.63) is 11.0 Å². The molecule has 2 rings (SSSR count). The van der Waals surface area contributed by atoms with E-state index in [1.54, 1.807) is 0 Å². The maximum Gasteiger partial charge on any atom is 0.414 e. The van der Waals surface area contributed by atoms with Crippen LogP contribution in [0.1, 0.15) is 88.0 Å². The largest absolute Gasteiger partial charge is 0.420 e. The summed E-state index contributed by atoms with van der Waals surface area (Å²) in [6.45, 7) is 25.7. The highest BCUT2D eigenvalue weighted by Gasteiger charge is 2.50. The van der Waals surface area contributed by atoms with E-state index in [4.69, 9.17) is 4.74 Å². The predicted molar refractivity (Wildman–Crippen MR) is 136 cm³/mol. The van der Waals surface area contributed by atoms with E-state index in [1.165, 1.54) is 12.0 Å². The molecule has 2 fully saturated rings. The number of Topliss-reactive ketones (excluding diaryl/α,β-unsaturated/α-hetero) is 1. The summed E-state index contributed by atoms with van der Waals surface area (Å²) in [4.78, 5) is 29.0. The zero-order chi connectivity index (χ0) is 24.8. The summed E-state index contributed by atoms with van der Waals surface area (Å²) in [5, 5.41) is 0.875. The van der Waals surface area contributed by atoms with Crippen LogP contribution in [0.5, 0.6) is 0 Å². The van der Waals surface area contributed by atoms with E-state index in [2.05, 4.69) is 33.5 Å². The molecular formula is C27H49NO3Si. The van der Waals surface area contributed by atoms with E-state index in [1.807, 2.05) is 53.4 Å². The first kappa shape index (κ1) is 27.1. The molecule has 0 aromatic carbocycles. The number of ketones is 1. The van der Waals surface area contributed by atoms with E-state index in [0.29, 0.717) is 17.6 Å². The van der Waals surface area contributed by atoms with E-state index >= 15 is 0 Å². The summed E-state index contributed by atoms with van der Waals surface area (Å²) in [5.41, 5.74) is 1.03. The third kappa shape index (κ3) is 5.68. The first-order chi connectivity index (χ1) is 14.4. The minimum Gasteiger partial charge on any atom is -0.420 e. The lowest BCUT2D eigenvalue weighted by molar-refractivity contribution is -0.131. The lowest BCUT2D eigenvalue weighted by Crippen LogP contribution is -2.47. The van der Waals surface area contributed by atoms with E-state index in [0.717, 1.165) is 24.6 Å². The van der Waals surface area contributed by atoms with E-state index < -0.39 is 13.5 Å². The highest BCUT2D eigenvalue weighted by atomic mass is 28.3. The fraction of sp³-hybridized carbons (Fsp3) is 0.852. The Morgan fingerprint density at radius 3 is 2.00 bits per heavy atom. The van der Waals surface area contributed by atoms with Gasteiger partial charge in [0.1, 0.15) is 13.9 Å². The Morgan fingerprint density at radius 2 is 1.56 bits per heavy atom. The van der Waals surface area contributed by atoms with Gasteiger partial charge in [-0.1, -0.05) is 54.3 Å². The molecule has 0 heterocycles. The third-order valence-corrected chi connectivity index (χ3v) is 9.41. The van der Waals surface area contributed by atoms with Gasteiger partial charge in [0.05, 0.1) is 5.38 Å². The van der Waals surface area contributed by atoms with Crippen LogP contribution < -0.4 is 0 Å². The van der Waals surface area contributed by atoms with Crippen LogP contribution >= 0.6 is 0 Å². The van der Waals surface area contributed by atoms with Crippen molar-refractivity contribution in [3.63, 3.8) is 0 Å². The number of allylic oxidation sites excluding steroid dienone is 1. The number of rotatable bonds is 5. The molecule has 184 valence electrons. The fourth-order valence-corrected chi connectivity index (χ4v) is 7.48. The average Bonchev–Trinajstić information content (AvgIpc) is 2.60. The molecule has 2 saturated carbocycles. The van der Waals surface area contributed by atoms with Crippen molar-refractivity contribution in [2.45, 2.75) is 120 Å². The number of carbonyl (C=O) groups is 2. The summed E-state index contributed by atoms with van der Waals surface area (Å²) < 4.78 is 6.35. The molecule has 2 aliphatic rings. The van der Waals surface area contributed by atoms with Gasteiger partial charge in [-0.15, -0.1) is 0 Å². The monoisotopic (exact) mass is 463 g/mol. The minimum absolute atomic E-state index is 0.0635. The van der Waals surface area contributed by atoms with Crippen LogP contribution in [0, 0.1) is 28.6 Å². The number of carbonyl (C=O) groups excluding carboxylic acids is 2. The van der Waals surface area contributed by atoms with Crippen molar-refractivity contribution >= 4 is 20.0 Å². The summed E-state index contributed by atoms with van der Waals surface area (Å²) in [6.07, 6.45) is 3.98. The molecule has 0 saturated heterocycles. The van der Waals surface area contributed by atoms with Gasteiger partial charge < -0.3 is 9.64 Å². The van der Waals surface area contributed by atoms with Gasteiger partial charge in [-0.3, -0.25) is 4.79 Å². The third-order valence-electron chi connectivity index (χ3n) is 7.66. The number of hydrogen-bond acceptors (Lipinski definition) is 3. The van der Waals surface area contributed by atoms with Crippen molar-refractivity contribution in [2.24, 2.45) is 28.6 Å². The van der Waals surface area contributed by atoms with Crippen molar-refractivity contribution in [1.29, 1.82) is 0 Å². The first-order valence-electron chi connectivity index (χ1n) is 12.7. The summed E-state index contributed by atoms with van der Waals surface area (Å²) in [7, 11) is -2.03. The Morgan fingerprint density at radius 1 is 1.03 bits per heavy atom. The topological polar surface area (TPSA) is 46.6 Å². The van der Waals surface area contributed by atoms with Crippen LogP contribution in [-0.4, -0.2) is 36.9 Å². The quantitative estimate of drug-likeness (QED) is 0.314. The standard InChI is InChI=1S/C27H49NO3Si/c1-17(2)28(18(3)4)25(30)31-24(32(10,11)12)22-19-13-14-27(8,9)20(15-19)16-21(22)23(29)26(5,6)7/h17-21H,13-16H2,1-12H3/b24-22-/t19-,20-,21+/m1/s1. The van der Waals surface area contributed by atoms with Crippen LogP contribution in [0.3, 0.4) is 0 Å².